The minimum atomic E-state index is -0.606. The summed E-state index contributed by atoms with van der Waals surface area (Å²) in [6.45, 7) is -0.166. The molecule has 8 heteroatoms. The van der Waals surface area contributed by atoms with Crippen LogP contribution in [0.25, 0.3) is 11.5 Å². The number of aromatic nitrogens is 2. The molecule has 0 atom stereocenters. The van der Waals surface area contributed by atoms with Crippen molar-refractivity contribution < 1.29 is 18.7 Å². The standard InChI is InChI=1S/C17H12Cl2N2O4/c1-23-12-5-2-10(3-6-12)16-21-20-15(25-16)9-24-17(22)13-7-4-11(18)8-14(13)19/h2-8H,9H2,1H3. The van der Waals surface area contributed by atoms with Crippen LogP contribution in [-0.4, -0.2) is 23.3 Å². The number of nitrogens with zero attached hydrogens (tertiary/aromatic N) is 2. The minimum Gasteiger partial charge on any atom is -0.497 e. The molecule has 0 saturated heterocycles. The Morgan fingerprint density at radius 3 is 2.56 bits per heavy atom. The number of methoxy groups -OCH3 is 1. The van der Waals surface area contributed by atoms with E-state index in [1.165, 1.54) is 12.1 Å². The zero-order valence-electron chi connectivity index (χ0n) is 13.0. The molecule has 6 nitrogen and oxygen atoms in total. The summed E-state index contributed by atoms with van der Waals surface area (Å²) >= 11 is 11.8. The highest BCUT2D eigenvalue weighted by molar-refractivity contribution is 6.36. The van der Waals surface area contributed by atoms with E-state index in [4.69, 9.17) is 37.1 Å². The summed E-state index contributed by atoms with van der Waals surface area (Å²) in [5, 5.41) is 8.43. The van der Waals surface area contributed by atoms with Gasteiger partial charge in [0.1, 0.15) is 5.75 Å². The zero-order valence-corrected chi connectivity index (χ0v) is 14.5. The number of carbonyl (C=O) groups is 1. The fourth-order valence-electron chi connectivity index (χ4n) is 2.02. The Morgan fingerprint density at radius 1 is 1.12 bits per heavy atom. The lowest BCUT2D eigenvalue weighted by Crippen LogP contribution is -2.06. The zero-order chi connectivity index (χ0) is 17.8. The number of esters is 1. The van der Waals surface area contributed by atoms with Crippen molar-refractivity contribution >= 4 is 29.2 Å². The van der Waals surface area contributed by atoms with Crippen LogP contribution in [0.4, 0.5) is 0 Å². The molecule has 0 aliphatic rings. The lowest BCUT2D eigenvalue weighted by atomic mass is 10.2. The number of hydrogen-bond donors (Lipinski definition) is 0. The Hall–Kier alpha value is -2.57. The first kappa shape index (κ1) is 17.3. The molecule has 1 aromatic heterocycles. The Bertz CT molecular complexity index is 894. The summed E-state index contributed by atoms with van der Waals surface area (Å²) in [4.78, 5) is 12.0. The molecule has 0 fully saturated rings. The molecule has 0 amide bonds. The van der Waals surface area contributed by atoms with Gasteiger partial charge in [0, 0.05) is 10.6 Å². The molecule has 0 radical (unpaired) electrons. The van der Waals surface area contributed by atoms with Crippen molar-refractivity contribution in [2.45, 2.75) is 6.61 Å². The first-order valence-electron chi connectivity index (χ1n) is 7.16. The number of ether oxygens (including phenoxy) is 2. The number of carbonyl (C=O) groups excluding carboxylic acids is 1. The van der Waals surface area contributed by atoms with Crippen LogP contribution >= 0.6 is 23.2 Å². The Kier molecular flexibility index (Phi) is 5.21. The number of rotatable bonds is 5. The fraction of sp³-hybridized carbons (Fsp3) is 0.118. The lowest BCUT2D eigenvalue weighted by molar-refractivity contribution is 0.0439. The fourth-order valence-corrected chi connectivity index (χ4v) is 2.51. The molecule has 25 heavy (non-hydrogen) atoms. The van der Waals surface area contributed by atoms with Crippen molar-refractivity contribution in [2.24, 2.45) is 0 Å². The van der Waals surface area contributed by atoms with Gasteiger partial charge in [-0.25, -0.2) is 4.79 Å². The first-order valence-corrected chi connectivity index (χ1v) is 7.91. The monoisotopic (exact) mass is 378 g/mol. The molecule has 0 bridgehead atoms. The molecular formula is C17H12Cl2N2O4. The average molecular weight is 379 g/mol. The molecule has 2 aromatic carbocycles. The maximum Gasteiger partial charge on any atom is 0.340 e. The van der Waals surface area contributed by atoms with E-state index in [9.17, 15) is 4.79 Å². The largest absolute Gasteiger partial charge is 0.497 e. The van der Waals surface area contributed by atoms with E-state index in [0.29, 0.717) is 10.9 Å². The van der Waals surface area contributed by atoms with Crippen LogP contribution in [0.15, 0.2) is 46.9 Å². The molecule has 0 aliphatic heterocycles. The predicted octanol–water partition coefficient (Wildman–Crippen LogP) is 4.41. The number of benzene rings is 2. The van der Waals surface area contributed by atoms with Crippen LogP contribution in [-0.2, 0) is 11.3 Å². The van der Waals surface area contributed by atoms with Crippen molar-refractivity contribution in [1.29, 1.82) is 0 Å². The van der Waals surface area contributed by atoms with Gasteiger partial charge < -0.3 is 13.9 Å². The van der Waals surface area contributed by atoms with E-state index < -0.39 is 5.97 Å². The van der Waals surface area contributed by atoms with Crippen LogP contribution in [0, 0.1) is 0 Å². The highest BCUT2D eigenvalue weighted by atomic mass is 35.5. The summed E-state index contributed by atoms with van der Waals surface area (Å²) in [5.41, 5.74) is 0.938. The van der Waals surface area contributed by atoms with Crippen LogP contribution < -0.4 is 4.74 Å². The molecule has 0 N–H and O–H groups in total. The third kappa shape index (κ3) is 4.10. The summed E-state index contributed by atoms with van der Waals surface area (Å²) in [5.74, 6) is 0.602. The third-order valence-electron chi connectivity index (χ3n) is 3.28. The van der Waals surface area contributed by atoms with E-state index in [2.05, 4.69) is 10.2 Å². The predicted molar refractivity (Wildman–Crippen MR) is 91.9 cm³/mol. The van der Waals surface area contributed by atoms with Gasteiger partial charge in [-0.3, -0.25) is 0 Å². The Balaban J connectivity index is 1.66. The normalized spacial score (nSPS) is 10.5. The molecule has 3 aromatic rings. The van der Waals surface area contributed by atoms with Crippen molar-refractivity contribution in [3.63, 3.8) is 0 Å². The second-order valence-electron chi connectivity index (χ2n) is 4.93. The van der Waals surface area contributed by atoms with Crippen LogP contribution in [0.3, 0.4) is 0 Å². The average Bonchev–Trinajstić information content (AvgIpc) is 3.09. The van der Waals surface area contributed by atoms with Crippen molar-refractivity contribution in [3.8, 4) is 17.2 Å². The Labute approximate surface area is 153 Å². The van der Waals surface area contributed by atoms with Gasteiger partial charge in [-0.05, 0) is 42.5 Å². The summed E-state index contributed by atoms with van der Waals surface area (Å²) in [6, 6.07) is 11.6. The maximum atomic E-state index is 12.0. The topological polar surface area (TPSA) is 74.5 Å². The summed E-state index contributed by atoms with van der Waals surface area (Å²) in [7, 11) is 1.58. The highest BCUT2D eigenvalue weighted by Gasteiger charge is 2.15. The van der Waals surface area contributed by atoms with Gasteiger partial charge in [-0.2, -0.15) is 0 Å². The van der Waals surface area contributed by atoms with Crippen molar-refractivity contribution in [3.05, 3.63) is 64.0 Å². The number of halogens is 2. The summed E-state index contributed by atoms with van der Waals surface area (Å²) in [6.07, 6.45) is 0. The van der Waals surface area contributed by atoms with E-state index in [-0.39, 0.29) is 23.1 Å². The summed E-state index contributed by atoms with van der Waals surface area (Å²) < 4.78 is 15.7. The van der Waals surface area contributed by atoms with Crippen LogP contribution in [0.2, 0.25) is 10.0 Å². The molecule has 1 heterocycles. The van der Waals surface area contributed by atoms with Crippen molar-refractivity contribution in [1.82, 2.24) is 10.2 Å². The van der Waals surface area contributed by atoms with Gasteiger partial charge in [-0.1, -0.05) is 23.2 Å². The molecule has 128 valence electrons. The maximum absolute atomic E-state index is 12.0. The van der Waals surface area contributed by atoms with Gasteiger partial charge in [-0.15, -0.1) is 10.2 Å². The van der Waals surface area contributed by atoms with Crippen molar-refractivity contribution in [2.75, 3.05) is 7.11 Å². The van der Waals surface area contributed by atoms with E-state index in [1.54, 1.807) is 37.4 Å². The lowest BCUT2D eigenvalue weighted by Gasteiger charge is -2.04. The molecular weight excluding hydrogens is 367 g/mol. The van der Waals surface area contributed by atoms with E-state index in [1.807, 2.05) is 0 Å². The van der Waals surface area contributed by atoms with Crippen LogP contribution in [0.1, 0.15) is 16.2 Å². The molecule has 0 saturated carbocycles. The van der Waals surface area contributed by atoms with Gasteiger partial charge in [0.2, 0.25) is 5.89 Å². The second-order valence-corrected chi connectivity index (χ2v) is 5.77. The van der Waals surface area contributed by atoms with Crippen LogP contribution in [0.5, 0.6) is 5.75 Å². The molecule has 3 rings (SSSR count). The molecule has 0 spiro atoms. The van der Waals surface area contributed by atoms with E-state index in [0.717, 1.165) is 11.3 Å². The smallest absolute Gasteiger partial charge is 0.340 e. The molecule has 0 aliphatic carbocycles. The van der Waals surface area contributed by atoms with Gasteiger partial charge in [0.25, 0.3) is 5.89 Å². The third-order valence-corrected chi connectivity index (χ3v) is 3.83. The quantitative estimate of drug-likeness (QED) is 0.612. The SMILES string of the molecule is COc1ccc(-c2nnc(COC(=O)c3ccc(Cl)cc3Cl)o2)cc1. The van der Waals surface area contributed by atoms with Gasteiger partial charge in [0.15, 0.2) is 6.61 Å². The van der Waals surface area contributed by atoms with E-state index >= 15 is 0 Å². The number of hydrogen-bond acceptors (Lipinski definition) is 6. The molecule has 0 unspecified atom stereocenters. The van der Waals surface area contributed by atoms with Gasteiger partial charge >= 0.3 is 5.97 Å². The second kappa shape index (κ2) is 7.55. The first-order chi connectivity index (χ1) is 12.1. The highest BCUT2D eigenvalue weighted by Crippen LogP contribution is 2.23. The Morgan fingerprint density at radius 2 is 1.88 bits per heavy atom. The van der Waals surface area contributed by atoms with Gasteiger partial charge in [0.05, 0.1) is 17.7 Å². The minimum absolute atomic E-state index is 0.166.